The van der Waals surface area contributed by atoms with Gasteiger partial charge in [0.2, 0.25) is 0 Å². The first-order chi connectivity index (χ1) is 14.3. The Balaban J connectivity index is 1.63. The largest absolute Gasteiger partial charge is 0.452 e. The molecule has 11 heteroatoms. The Bertz CT molecular complexity index is 1070. The molecule has 0 bridgehead atoms. The topological polar surface area (TPSA) is 99.2 Å². The molecule has 1 amide bonds. The minimum Gasteiger partial charge on any atom is -0.452 e. The molecule has 1 aromatic carbocycles. The molecule has 8 nitrogen and oxygen atoms in total. The number of nitrogens with one attached hydrogen (secondary N) is 1. The molecule has 0 unspecified atom stereocenters. The average Bonchev–Trinajstić information content (AvgIpc) is 3.30. The van der Waals surface area contributed by atoms with Crippen LogP contribution in [0.2, 0.25) is 15.2 Å². The van der Waals surface area contributed by atoms with Crippen LogP contribution < -0.4 is 5.32 Å². The summed E-state index contributed by atoms with van der Waals surface area (Å²) in [5.74, 6) is -1.05. The normalized spacial score (nSPS) is 11.1. The van der Waals surface area contributed by atoms with Crippen LogP contribution in [-0.2, 0) is 20.9 Å². The predicted octanol–water partition coefficient (Wildman–Crippen LogP) is 4.38. The van der Waals surface area contributed by atoms with Crippen molar-refractivity contribution in [2.45, 2.75) is 13.5 Å². The summed E-state index contributed by atoms with van der Waals surface area (Å²) in [6.45, 7) is 1.53. The molecule has 2 heterocycles. The molecule has 2 aromatic heterocycles. The summed E-state index contributed by atoms with van der Waals surface area (Å²) in [5.41, 5.74) is 1.80. The van der Waals surface area contributed by atoms with E-state index >= 15 is 0 Å². The number of anilines is 1. The van der Waals surface area contributed by atoms with Gasteiger partial charge in [-0.2, -0.15) is 5.10 Å². The highest BCUT2D eigenvalue weighted by molar-refractivity contribution is 6.36. The predicted molar refractivity (Wildman–Crippen MR) is 113 cm³/mol. The SMILES string of the molecule is Cc1nn(Cc2c(Cl)cccc2Cl)c(Cl)c1/C=C/C(=O)OCC(=O)Nc1ccon1. The number of halogens is 3. The molecule has 1 N–H and O–H groups in total. The highest BCUT2D eigenvalue weighted by atomic mass is 35.5. The Morgan fingerprint density at radius 1 is 1.23 bits per heavy atom. The van der Waals surface area contributed by atoms with E-state index in [1.165, 1.54) is 23.1 Å². The zero-order valence-corrected chi connectivity index (χ0v) is 17.8. The number of hydrogen-bond donors (Lipinski definition) is 1. The number of benzene rings is 1. The fourth-order valence-electron chi connectivity index (χ4n) is 2.49. The number of hydrogen-bond acceptors (Lipinski definition) is 6. The van der Waals surface area contributed by atoms with Crippen LogP contribution in [-0.4, -0.2) is 33.4 Å². The number of aryl methyl sites for hydroxylation is 1. The molecular formula is C19H15Cl3N4O4. The summed E-state index contributed by atoms with van der Waals surface area (Å²) >= 11 is 18.8. The molecular weight excluding hydrogens is 455 g/mol. The van der Waals surface area contributed by atoms with Gasteiger partial charge in [0.25, 0.3) is 5.91 Å². The first kappa shape index (κ1) is 21.9. The van der Waals surface area contributed by atoms with Gasteiger partial charge in [-0.05, 0) is 25.1 Å². The van der Waals surface area contributed by atoms with E-state index in [0.29, 0.717) is 32.0 Å². The van der Waals surface area contributed by atoms with Gasteiger partial charge in [-0.25, -0.2) is 9.48 Å². The molecule has 0 saturated heterocycles. The van der Waals surface area contributed by atoms with Crippen LogP contribution in [0, 0.1) is 6.92 Å². The van der Waals surface area contributed by atoms with Crippen LogP contribution in [0.1, 0.15) is 16.8 Å². The van der Waals surface area contributed by atoms with Gasteiger partial charge in [0, 0.05) is 33.3 Å². The maximum atomic E-state index is 11.9. The molecule has 3 rings (SSSR count). The molecule has 0 aliphatic rings. The number of esters is 1. The zero-order valence-electron chi connectivity index (χ0n) is 15.6. The van der Waals surface area contributed by atoms with Crippen molar-refractivity contribution >= 4 is 58.6 Å². The number of rotatable bonds is 7. The van der Waals surface area contributed by atoms with Crippen LogP contribution in [0.15, 0.2) is 41.1 Å². The van der Waals surface area contributed by atoms with Crippen molar-refractivity contribution in [1.82, 2.24) is 14.9 Å². The molecule has 3 aromatic rings. The second-order valence-corrected chi connectivity index (χ2v) is 7.19. The second-order valence-electron chi connectivity index (χ2n) is 6.02. The lowest BCUT2D eigenvalue weighted by molar-refractivity contribution is -0.142. The Morgan fingerprint density at radius 2 is 1.97 bits per heavy atom. The van der Waals surface area contributed by atoms with Crippen molar-refractivity contribution in [3.63, 3.8) is 0 Å². The molecule has 0 saturated carbocycles. The van der Waals surface area contributed by atoms with Gasteiger partial charge >= 0.3 is 5.97 Å². The summed E-state index contributed by atoms with van der Waals surface area (Å²) < 4.78 is 11.0. The maximum Gasteiger partial charge on any atom is 0.331 e. The first-order valence-electron chi connectivity index (χ1n) is 8.56. The van der Waals surface area contributed by atoms with Crippen molar-refractivity contribution in [1.29, 1.82) is 0 Å². The van der Waals surface area contributed by atoms with E-state index in [9.17, 15) is 9.59 Å². The van der Waals surface area contributed by atoms with Crippen LogP contribution >= 0.6 is 34.8 Å². The monoisotopic (exact) mass is 468 g/mol. The van der Waals surface area contributed by atoms with E-state index in [-0.39, 0.29) is 12.4 Å². The van der Waals surface area contributed by atoms with E-state index in [1.54, 1.807) is 25.1 Å². The highest BCUT2D eigenvalue weighted by Crippen LogP contribution is 2.28. The number of ether oxygens (including phenoxy) is 1. The summed E-state index contributed by atoms with van der Waals surface area (Å²) in [4.78, 5) is 23.6. The van der Waals surface area contributed by atoms with E-state index in [1.807, 2.05) is 0 Å². The number of aromatic nitrogens is 3. The Morgan fingerprint density at radius 3 is 2.63 bits per heavy atom. The van der Waals surface area contributed by atoms with Gasteiger partial charge in [0.05, 0.1) is 12.2 Å². The van der Waals surface area contributed by atoms with Gasteiger partial charge < -0.3 is 14.6 Å². The molecule has 0 atom stereocenters. The van der Waals surface area contributed by atoms with Crippen molar-refractivity contribution in [3.05, 3.63) is 68.6 Å². The standard InChI is InChI=1S/C19H15Cl3N4O4/c1-11-12(5-6-18(28)29-10-17(27)23-16-7-8-30-25-16)19(22)26(24-11)9-13-14(20)3-2-4-15(13)21/h2-8H,9-10H2,1H3,(H,23,25,27)/b6-5+. The van der Waals surface area contributed by atoms with Crippen molar-refractivity contribution in [2.24, 2.45) is 0 Å². The number of nitrogens with zero attached hydrogens (tertiary/aromatic N) is 3. The van der Waals surface area contributed by atoms with Gasteiger partial charge in [0.15, 0.2) is 12.4 Å². The van der Waals surface area contributed by atoms with Gasteiger partial charge in [0.1, 0.15) is 11.4 Å². The van der Waals surface area contributed by atoms with Crippen LogP contribution in [0.4, 0.5) is 5.82 Å². The Kier molecular flexibility index (Phi) is 7.15. The average molecular weight is 470 g/mol. The lowest BCUT2D eigenvalue weighted by Gasteiger charge is -2.08. The number of carbonyl (C=O) groups excluding carboxylic acids is 2. The quantitative estimate of drug-likeness (QED) is 0.407. The minimum absolute atomic E-state index is 0.222. The summed E-state index contributed by atoms with van der Waals surface area (Å²) in [6, 6.07) is 6.65. The Hall–Kier alpha value is -2.81. The van der Waals surface area contributed by atoms with E-state index in [0.717, 1.165) is 6.08 Å². The second kappa shape index (κ2) is 9.80. The van der Waals surface area contributed by atoms with Crippen LogP contribution in [0.25, 0.3) is 6.08 Å². The third-order valence-electron chi connectivity index (χ3n) is 3.92. The maximum absolute atomic E-state index is 11.9. The molecule has 0 aliphatic heterocycles. The molecule has 30 heavy (non-hydrogen) atoms. The van der Waals surface area contributed by atoms with Crippen molar-refractivity contribution in [3.8, 4) is 0 Å². The van der Waals surface area contributed by atoms with E-state index < -0.39 is 18.5 Å². The zero-order chi connectivity index (χ0) is 21.7. The van der Waals surface area contributed by atoms with Gasteiger partial charge in [-0.15, -0.1) is 0 Å². The molecule has 0 aliphatic carbocycles. The van der Waals surface area contributed by atoms with Gasteiger partial charge in [-0.3, -0.25) is 4.79 Å². The fourth-order valence-corrected chi connectivity index (χ4v) is 3.30. The van der Waals surface area contributed by atoms with Crippen LogP contribution in [0.5, 0.6) is 0 Å². The van der Waals surface area contributed by atoms with Crippen molar-refractivity contribution < 1.29 is 18.8 Å². The van der Waals surface area contributed by atoms with Crippen LogP contribution in [0.3, 0.4) is 0 Å². The third kappa shape index (κ3) is 5.41. The minimum atomic E-state index is -0.720. The molecule has 0 fully saturated rings. The third-order valence-corrected chi connectivity index (χ3v) is 5.02. The number of carbonyl (C=O) groups is 2. The smallest absolute Gasteiger partial charge is 0.331 e. The summed E-state index contributed by atoms with van der Waals surface area (Å²) in [7, 11) is 0. The fraction of sp³-hybridized carbons (Fsp3) is 0.158. The van der Waals surface area contributed by atoms with Gasteiger partial charge in [-0.1, -0.05) is 46.0 Å². The molecule has 156 valence electrons. The first-order valence-corrected chi connectivity index (χ1v) is 9.69. The number of amides is 1. The molecule has 0 spiro atoms. The van der Waals surface area contributed by atoms with E-state index in [4.69, 9.17) is 39.5 Å². The molecule has 0 radical (unpaired) electrons. The Labute approximate surface area is 186 Å². The lowest BCUT2D eigenvalue weighted by Crippen LogP contribution is -2.20. The highest BCUT2D eigenvalue weighted by Gasteiger charge is 2.15. The van der Waals surface area contributed by atoms with Crippen molar-refractivity contribution in [2.75, 3.05) is 11.9 Å². The van der Waals surface area contributed by atoms with E-state index in [2.05, 4.69) is 20.1 Å². The summed E-state index contributed by atoms with van der Waals surface area (Å²) in [6.07, 6.45) is 3.93. The summed E-state index contributed by atoms with van der Waals surface area (Å²) in [5, 5.41) is 11.6. The lowest BCUT2D eigenvalue weighted by atomic mass is 10.2.